The number of nitrogens with zero attached hydrogens (tertiary/aromatic N) is 2. The summed E-state index contributed by atoms with van der Waals surface area (Å²) in [4.78, 5) is 0. The Balaban J connectivity index is 2.06. The van der Waals surface area contributed by atoms with Gasteiger partial charge in [0.15, 0.2) is 0 Å². The van der Waals surface area contributed by atoms with Crippen molar-refractivity contribution in [3.8, 4) is 0 Å². The Kier molecular flexibility index (Phi) is 6.10. The molecular weight excluding hydrogens is 389 g/mol. The average Bonchev–Trinajstić information content (AvgIpc) is 2.97. The largest absolute Gasteiger partial charge is 0.416 e. The van der Waals surface area contributed by atoms with Crippen molar-refractivity contribution in [1.29, 1.82) is 0 Å². The van der Waals surface area contributed by atoms with E-state index in [0.29, 0.717) is 41.0 Å². The molecule has 0 aliphatic carbocycles. The summed E-state index contributed by atoms with van der Waals surface area (Å²) in [7, 11) is 0. The molecule has 0 bridgehead atoms. The van der Waals surface area contributed by atoms with Crippen LogP contribution in [0.5, 0.6) is 0 Å². The van der Waals surface area contributed by atoms with Crippen molar-refractivity contribution in [2.45, 2.75) is 32.5 Å². The molecule has 3 rings (SSSR count). The minimum Gasteiger partial charge on any atom is -0.396 e. The fourth-order valence-electron chi connectivity index (χ4n) is 3.02. The molecule has 1 aromatic heterocycles. The number of aliphatic hydroxyl groups excluding tert-OH is 1. The molecule has 1 N–H and O–H groups in total. The fraction of sp³-hybridized carbons (Fsp3) is 0.286. The maximum absolute atomic E-state index is 13.2. The zero-order valence-electron chi connectivity index (χ0n) is 15.3. The smallest absolute Gasteiger partial charge is 0.396 e. The van der Waals surface area contributed by atoms with Crippen LogP contribution < -0.4 is 0 Å². The second-order valence-corrected chi connectivity index (χ2v) is 7.05. The topological polar surface area (TPSA) is 38.0 Å². The second kappa shape index (κ2) is 8.37. The lowest BCUT2D eigenvalue weighted by Gasteiger charge is -2.10. The monoisotopic (exact) mass is 408 g/mol. The van der Waals surface area contributed by atoms with Gasteiger partial charge in [-0.2, -0.15) is 18.3 Å². The first-order valence-corrected chi connectivity index (χ1v) is 9.27. The number of hydrogen-bond acceptors (Lipinski definition) is 2. The quantitative estimate of drug-likeness (QED) is 0.519. The number of unbranched alkanes of at least 4 members (excludes halogenated alkanes) is 1. The molecule has 0 saturated heterocycles. The number of halogens is 4. The van der Waals surface area contributed by atoms with Crippen molar-refractivity contribution in [3.63, 3.8) is 0 Å². The number of alkyl halides is 3. The van der Waals surface area contributed by atoms with Crippen LogP contribution in [0.1, 0.15) is 35.2 Å². The molecule has 28 heavy (non-hydrogen) atoms. The SMILES string of the molecule is Cc1cc(Cl)ccc1Cn1nc(C=CCCCO)c2ccc(C(F)(F)F)cc21. The molecule has 0 saturated carbocycles. The molecule has 148 valence electrons. The predicted octanol–water partition coefficient (Wildman–Crippen LogP) is 5.85. The summed E-state index contributed by atoms with van der Waals surface area (Å²) < 4.78 is 41.2. The molecule has 3 nitrogen and oxygen atoms in total. The van der Waals surface area contributed by atoms with E-state index in [4.69, 9.17) is 16.7 Å². The summed E-state index contributed by atoms with van der Waals surface area (Å²) in [6, 6.07) is 9.11. The highest BCUT2D eigenvalue weighted by atomic mass is 35.5. The van der Waals surface area contributed by atoms with E-state index in [0.717, 1.165) is 23.3 Å². The van der Waals surface area contributed by atoms with Crippen LogP contribution in [0, 0.1) is 6.92 Å². The molecule has 0 unspecified atom stereocenters. The second-order valence-electron chi connectivity index (χ2n) is 6.61. The molecule has 0 atom stereocenters. The molecule has 1 heterocycles. The molecule has 0 aliphatic heterocycles. The summed E-state index contributed by atoms with van der Waals surface area (Å²) in [5, 5.41) is 14.7. The van der Waals surface area contributed by atoms with E-state index in [9.17, 15) is 13.2 Å². The van der Waals surface area contributed by atoms with Gasteiger partial charge in [0.1, 0.15) is 0 Å². The normalized spacial score (nSPS) is 12.4. The Hall–Kier alpha value is -2.31. The van der Waals surface area contributed by atoms with Crippen molar-refractivity contribution in [2.75, 3.05) is 6.61 Å². The number of aryl methyl sites for hydroxylation is 1. The minimum atomic E-state index is -4.42. The van der Waals surface area contributed by atoms with Crippen molar-refractivity contribution in [1.82, 2.24) is 9.78 Å². The standard InChI is InChI=1S/C21H20ClF3N2O/c1-14-11-17(22)8-6-15(14)13-27-20-12-16(21(23,24)25)7-9-18(20)19(26-27)5-3-2-4-10-28/h3,5-9,11-12,28H,2,4,10,13H2,1H3. The lowest BCUT2D eigenvalue weighted by atomic mass is 10.1. The van der Waals surface area contributed by atoms with Crippen molar-refractivity contribution in [2.24, 2.45) is 0 Å². The van der Waals surface area contributed by atoms with Gasteiger partial charge < -0.3 is 5.11 Å². The van der Waals surface area contributed by atoms with E-state index in [-0.39, 0.29) is 6.61 Å². The van der Waals surface area contributed by atoms with Crippen molar-refractivity contribution in [3.05, 3.63) is 69.9 Å². The van der Waals surface area contributed by atoms with Gasteiger partial charge in [0.25, 0.3) is 0 Å². The lowest BCUT2D eigenvalue weighted by Crippen LogP contribution is -2.06. The number of hydrogen-bond donors (Lipinski definition) is 1. The highest BCUT2D eigenvalue weighted by Crippen LogP contribution is 2.33. The first-order chi connectivity index (χ1) is 13.3. The maximum Gasteiger partial charge on any atom is 0.416 e. The van der Waals surface area contributed by atoms with E-state index in [1.807, 2.05) is 25.1 Å². The number of allylic oxidation sites excluding steroid dienone is 1. The predicted molar refractivity (Wildman–Crippen MR) is 105 cm³/mol. The number of rotatable bonds is 6. The third-order valence-electron chi connectivity index (χ3n) is 4.54. The van der Waals surface area contributed by atoms with Crippen LogP contribution in [0.25, 0.3) is 17.0 Å². The summed E-state index contributed by atoms with van der Waals surface area (Å²) in [6.45, 7) is 2.33. The molecule has 7 heteroatoms. The molecule has 0 radical (unpaired) electrons. The first kappa shape index (κ1) is 20.4. The van der Waals surface area contributed by atoms with Gasteiger partial charge >= 0.3 is 6.18 Å². The van der Waals surface area contributed by atoms with E-state index in [2.05, 4.69) is 5.10 Å². The molecule has 0 amide bonds. The molecule has 0 spiro atoms. The molecule has 2 aromatic carbocycles. The molecular formula is C21H20ClF3N2O. The van der Waals surface area contributed by atoms with Crippen molar-refractivity contribution < 1.29 is 18.3 Å². The number of aromatic nitrogens is 2. The number of aliphatic hydroxyl groups is 1. The van der Waals surface area contributed by atoms with Crippen LogP contribution in [0.3, 0.4) is 0 Å². The van der Waals surface area contributed by atoms with E-state index in [1.54, 1.807) is 16.8 Å². The Morgan fingerprint density at radius 1 is 1.18 bits per heavy atom. The molecule has 0 fully saturated rings. The summed E-state index contributed by atoms with van der Waals surface area (Å²) >= 11 is 6.00. The van der Waals surface area contributed by atoms with Gasteiger partial charge in [-0.25, -0.2) is 0 Å². The van der Waals surface area contributed by atoms with Gasteiger partial charge in [0.05, 0.1) is 23.3 Å². The van der Waals surface area contributed by atoms with Crippen LogP contribution in [0.2, 0.25) is 5.02 Å². The zero-order chi connectivity index (χ0) is 20.3. The fourth-order valence-corrected chi connectivity index (χ4v) is 3.25. The van der Waals surface area contributed by atoms with Gasteiger partial charge in [-0.15, -0.1) is 0 Å². The summed E-state index contributed by atoms with van der Waals surface area (Å²) in [5.41, 5.74) is 2.20. The Bertz CT molecular complexity index is 1010. The van der Waals surface area contributed by atoms with Crippen LogP contribution in [-0.4, -0.2) is 21.5 Å². The van der Waals surface area contributed by atoms with Gasteiger partial charge in [-0.05, 0) is 67.3 Å². The van der Waals surface area contributed by atoms with Crippen LogP contribution in [0.4, 0.5) is 13.2 Å². The Labute approximate surface area is 166 Å². The van der Waals surface area contributed by atoms with E-state index >= 15 is 0 Å². The van der Waals surface area contributed by atoms with Crippen LogP contribution >= 0.6 is 11.6 Å². The number of fused-ring (bicyclic) bond motifs is 1. The molecule has 3 aromatic rings. The third-order valence-corrected chi connectivity index (χ3v) is 4.77. The van der Waals surface area contributed by atoms with E-state index < -0.39 is 11.7 Å². The number of benzene rings is 2. The minimum absolute atomic E-state index is 0.0876. The maximum atomic E-state index is 13.2. The van der Waals surface area contributed by atoms with Gasteiger partial charge in [0, 0.05) is 17.0 Å². The average molecular weight is 409 g/mol. The summed E-state index contributed by atoms with van der Waals surface area (Å²) in [5.74, 6) is 0. The van der Waals surface area contributed by atoms with Gasteiger partial charge in [-0.3, -0.25) is 4.68 Å². The van der Waals surface area contributed by atoms with Gasteiger partial charge in [-0.1, -0.05) is 23.7 Å². The van der Waals surface area contributed by atoms with Crippen molar-refractivity contribution >= 4 is 28.6 Å². The highest BCUT2D eigenvalue weighted by molar-refractivity contribution is 6.30. The highest BCUT2D eigenvalue weighted by Gasteiger charge is 2.31. The lowest BCUT2D eigenvalue weighted by molar-refractivity contribution is -0.137. The Morgan fingerprint density at radius 3 is 2.64 bits per heavy atom. The first-order valence-electron chi connectivity index (χ1n) is 8.90. The van der Waals surface area contributed by atoms with Crippen LogP contribution in [-0.2, 0) is 12.7 Å². The zero-order valence-corrected chi connectivity index (χ0v) is 16.1. The Morgan fingerprint density at radius 2 is 1.96 bits per heavy atom. The van der Waals surface area contributed by atoms with Gasteiger partial charge in [0.2, 0.25) is 0 Å². The summed E-state index contributed by atoms with van der Waals surface area (Å²) in [6.07, 6.45) is 0.528. The van der Waals surface area contributed by atoms with Crippen LogP contribution in [0.15, 0.2) is 42.5 Å². The third kappa shape index (κ3) is 4.56. The molecule has 0 aliphatic rings. The van der Waals surface area contributed by atoms with E-state index in [1.165, 1.54) is 6.07 Å².